The second-order valence-electron chi connectivity index (χ2n) is 4.80. The molecule has 17 heavy (non-hydrogen) atoms. The highest BCUT2D eigenvalue weighted by Gasteiger charge is 2.22. The SMILES string of the molecule is CCn1nc(C)cc1C(=O)NC(C)(C)CCO. The summed E-state index contributed by atoms with van der Waals surface area (Å²) in [5.74, 6) is -0.147. The van der Waals surface area contributed by atoms with Crippen LogP contribution in [0.25, 0.3) is 0 Å². The van der Waals surface area contributed by atoms with E-state index in [0.29, 0.717) is 18.7 Å². The van der Waals surface area contributed by atoms with Crippen molar-refractivity contribution in [1.82, 2.24) is 15.1 Å². The number of amides is 1. The Morgan fingerprint density at radius 3 is 2.76 bits per heavy atom. The largest absolute Gasteiger partial charge is 0.396 e. The molecule has 0 aromatic carbocycles. The summed E-state index contributed by atoms with van der Waals surface area (Å²) in [6.45, 7) is 8.31. The van der Waals surface area contributed by atoms with Crippen molar-refractivity contribution in [3.63, 3.8) is 0 Å². The molecule has 0 unspecified atom stereocenters. The maximum Gasteiger partial charge on any atom is 0.269 e. The molecule has 0 aliphatic heterocycles. The van der Waals surface area contributed by atoms with Crippen LogP contribution in [0.4, 0.5) is 0 Å². The van der Waals surface area contributed by atoms with Gasteiger partial charge in [0.1, 0.15) is 5.69 Å². The second kappa shape index (κ2) is 5.31. The van der Waals surface area contributed by atoms with Gasteiger partial charge in [-0.15, -0.1) is 0 Å². The van der Waals surface area contributed by atoms with E-state index in [9.17, 15) is 4.79 Å². The molecule has 0 fully saturated rings. The van der Waals surface area contributed by atoms with Crippen molar-refractivity contribution in [2.75, 3.05) is 6.61 Å². The number of carbonyl (C=O) groups excluding carboxylic acids is 1. The van der Waals surface area contributed by atoms with Crippen LogP contribution in [0.3, 0.4) is 0 Å². The number of nitrogens with zero attached hydrogens (tertiary/aromatic N) is 2. The van der Waals surface area contributed by atoms with Gasteiger partial charge in [0.05, 0.1) is 5.69 Å². The molecule has 1 aromatic rings. The predicted octanol–water partition coefficient (Wildman–Crippen LogP) is 1.10. The Bertz CT molecular complexity index is 396. The van der Waals surface area contributed by atoms with Gasteiger partial charge < -0.3 is 10.4 Å². The van der Waals surface area contributed by atoms with Gasteiger partial charge in [-0.05, 0) is 40.2 Å². The maximum absolute atomic E-state index is 12.1. The van der Waals surface area contributed by atoms with Crippen molar-refractivity contribution in [2.45, 2.75) is 46.2 Å². The van der Waals surface area contributed by atoms with E-state index < -0.39 is 5.54 Å². The first-order valence-electron chi connectivity index (χ1n) is 5.87. The highest BCUT2D eigenvalue weighted by atomic mass is 16.3. The molecule has 96 valence electrons. The summed E-state index contributed by atoms with van der Waals surface area (Å²) in [4.78, 5) is 12.1. The zero-order valence-corrected chi connectivity index (χ0v) is 10.9. The molecule has 0 saturated carbocycles. The lowest BCUT2D eigenvalue weighted by molar-refractivity contribution is 0.0888. The minimum atomic E-state index is -0.414. The topological polar surface area (TPSA) is 67.2 Å². The molecular weight excluding hydrogens is 218 g/mol. The minimum absolute atomic E-state index is 0.0549. The van der Waals surface area contributed by atoms with Crippen molar-refractivity contribution >= 4 is 5.91 Å². The fourth-order valence-electron chi connectivity index (χ4n) is 1.68. The second-order valence-corrected chi connectivity index (χ2v) is 4.80. The highest BCUT2D eigenvalue weighted by molar-refractivity contribution is 5.93. The van der Waals surface area contributed by atoms with Gasteiger partial charge in [0.2, 0.25) is 0 Å². The van der Waals surface area contributed by atoms with Crippen molar-refractivity contribution in [3.05, 3.63) is 17.5 Å². The van der Waals surface area contributed by atoms with Gasteiger partial charge in [0.15, 0.2) is 0 Å². The molecule has 0 aliphatic rings. The van der Waals surface area contributed by atoms with Crippen LogP contribution in [0.2, 0.25) is 0 Å². The number of hydrogen-bond acceptors (Lipinski definition) is 3. The third kappa shape index (κ3) is 3.56. The lowest BCUT2D eigenvalue weighted by Gasteiger charge is -2.25. The summed E-state index contributed by atoms with van der Waals surface area (Å²) in [6, 6.07) is 1.77. The van der Waals surface area contributed by atoms with Gasteiger partial charge in [-0.25, -0.2) is 0 Å². The molecule has 1 rings (SSSR count). The molecule has 1 amide bonds. The molecule has 0 aliphatic carbocycles. The average Bonchev–Trinajstić information content (AvgIpc) is 2.58. The number of aryl methyl sites for hydroxylation is 2. The van der Waals surface area contributed by atoms with E-state index >= 15 is 0 Å². The van der Waals surface area contributed by atoms with Gasteiger partial charge in [-0.1, -0.05) is 0 Å². The molecule has 1 aromatic heterocycles. The van der Waals surface area contributed by atoms with Gasteiger partial charge in [0, 0.05) is 18.7 Å². The van der Waals surface area contributed by atoms with Crippen molar-refractivity contribution in [2.24, 2.45) is 0 Å². The van der Waals surface area contributed by atoms with E-state index in [1.54, 1.807) is 10.7 Å². The molecule has 0 saturated heterocycles. The summed E-state index contributed by atoms with van der Waals surface area (Å²) < 4.78 is 1.68. The maximum atomic E-state index is 12.1. The fourth-order valence-corrected chi connectivity index (χ4v) is 1.68. The Kier molecular flexibility index (Phi) is 4.28. The van der Waals surface area contributed by atoms with Crippen molar-refractivity contribution < 1.29 is 9.90 Å². The Morgan fingerprint density at radius 1 is 1.59 bits per heavy atom. The quantitative estimate of drug-likeness (QED) is 0.808. The van der Waals surface area contributed by atoms with E-state index in [4.69, 9.17) is 5.11 Å². The summed E-state index contributed by atoms with van der Waals surface area (Å²) in [5.41, 5.74) is 0.982. The van der Waals surface area contributed by atoms with E-state index in [1.165, 1.54) is 0 Å². The zero-order valence-electron chi connectivity index (χ0n) is 10.9. The number of aliphatic hydroxyl groups is 1. The van der Waals surface area contributed by atoms with Crippen LogP contribution < -0.4 is 5.32 Å². The van der Waals surface area contributed by atoms with Gasteiger partial charge in [-0.2, -0.15) is 5.10 Å². The first kappa shape index (κ1) is 13.7. The molecule has 5 heteroatoms. The normalized spacial score (nSPS) is 11.6. The van der Waals surface area contributed by atoms with Crippen molar-refractivity contribution in [3.8, 4) is 0 Å². The molecule has 0 atom stereocenters. The van der Waals surface area contributed by atoms with Crippen molar-refractivity contribution in [1.29, 1.82) is 0 Å². The molecule has 2 N–H and O–H groups in total. The van der Waals surface area contributed by atoms with Crippen LogP contribution in [0.5, 0.6) is 0 Å². The third-order valence-corrected chi connectivity index (χ3v) is 2.62. The Balaban J connectivity index is 2.82. The molecule has 0 spiro atoms. The van der Waals surface area contributed by atoms with Crippen LogP contribution in [0.1, 0.15) is 43.4 Å². The number of carbonyl (C=O) groups is 1. The van der Waals surface area contributed by atoms with Crippen LogP contribution in [-0.2, 0) is 6.54 Å². The monoisotopic (exact) mass is 239 g/mol. The lowest BCUT2D eigenvalue weighted by atomic mass is 10.0. The molecule has 0 bridgehead atoms. The molecular formula is C12H21N3O2. The number of aromatic nitrogens is 2. The van der Waals surface area contributed by atoms with E-state index in [1.807, 2.05) is 27.7 Å². The number of rotatable bonds is 5. The zero-order chi connectivity index (χ0) is 13.1. The summed E-state index contributed by atoms with van der Waals surface area (Å²) >= 11 is 0. The van der Waals surface area contributed by atoms with E-state index in [0.717, 1.165) is 5.69 Å². The standard InChI is InChI=1S/C12H21N3O2/c1-5-15-10(8-9(2)14-15)11(17)13-12(3,4)6-7-16/h8,16H,5-7H2,1-4H3,(H,13,17). The van der Waals surface area contributed by atoms with Crippen LogP contribution in [0.15, 0.2) is 6.07 Å². The first-order valence-corrected chi connectivity index (χ1v) is 5.87. The predicted molar refractivity (Wildman–Crippen MR) is 65.9 cm³/mol. The Hall–Kier alpha value is -1.36. The molecule has 1 heterocycles. The smallest absolute Gasteiger partial charge is 0.269 e. The lowest BCUT2D eigenvalue weighted by Crippen LogP contribution is -2.44. The average molecular weight is 239 g/mol. The van der Waals surface area contributed by atoms with E-state index in [2.05, 4.69) is 10.4 Å². The van der Waals surface area contributed by atoms with Crippen LogP contribution >= 0.6 is 0 Å². The number of nitrogens with one attached hydrogen (secondary N) is 1. The minimum Gasteiger partial charge on any atom is -0.396 e. The summed E-state index contributed by atoms with van der Waals surface area (Å²) in [5, 5.41) is 16.1. The summed E-state index contributed by atoms with van der Waals surface area (Å²) in [6.07, 6.45) is 0.526. The third-order valence-electron chi connectivity index (χ3n) is 2.62. The van der Waals surface area contributed by atoms with Gasteiger partial charge in [0.25, 0.3) is 5.91 Å². The highest BCUT2D eigenvalue weighted by Crippen LogP contribution is 2.10. The first-order chi connectivity index (χ1) is 7.89. The Morgan fingerprint density at radius 2 is 2.24 bits per heavy atom. The fraction of sp³-hybridized carbons (Fsp3) is 0.667. The molecule has 5 nitrogen and oxygen atoms in total. The van der Waals surface area contributed by atoms with Crippen LogP contribution in [-0.4, -0.2) is 32.9 Å². The Labute approximate surface area is 102 Å². The van der Waals surface area contributed by atoms with E-state index in [-0.39, 0.29) is 12.5 Å². The van der Waals surface area contributed by atoms with Gasteiger partial charge >= 0.3 is 0 Å². The number of aliphatic hydroxyl groups excluding tert-OH is 1. The number of hydrogen-bond donors (Lipinski definition) is 2. The molecule has 0 radical (unpaired) electrons. The summed E-state index contributed by atoms with van der Waals surface area (Å²) in [7, 11) is 0. The van der Waals surface area contributed by atoms with Crippen LogP contribution in [0, 0.1) is 6.92 Å². The van der Waals surface area contributed by atoms with Gasteiger partial charge in [-0.3, -0.25) is 9.48 Å².